The number of hydrogen-bond acceptors (Lipinski definition) is 1. The summed E-state index contributed by atoms with van der Waals surface area (Å²) in [4.78, 5) is 0. The van der Waals surface area contributed by atoms with Gasteiger partial charge in [0.2, 0.25) is 0 Å². The van der Waals surface area contributed by atoms with Crippen molar-refractivity contribution >= 4 is 18.1 Å². The van der Waals surface area contributed by atoms with E-state index >= 15 is 0 Å². The molecule has 0 aliphatic rings. The molecule has 0 unspecified atom stereocenters. The Bertz CT molecular complexity index is 72.8. The van der Waals surface area contributed by atoms with E-state index < -0.39 is 6.84 Å². The molecule has 52 valence electrons. The van der Waals surface area contributed by atoms with Gasteiger partial charge in [0.05, 0.1) is 0 Å². The SMILES string of the molecule is CO[PH](C)(Cl)C(C)C. The zero-order valence-corrected chi connectivity index (χ0v) is 7.62. The van der Waals surface area contributed by atoms with Gasteiger partial charge in [-0.3, -0.25) is 0 Å². The van der Waals surface area contributed by atoms with Crippen molar-refractivity contribution in [3.63, 3.8) is 0 Å². The van der Waals surface area contributed by atoms with Gasteiger partial charge in [-0.25, -0.2) is 0 Å². The van der Waals surface area contributed by atoms with Crippen molar-refractivity contribution in [3.05, 3.63) is 0 Å². The summed E-state index contributed by atoms with van der Waals surface area (Å²) < 4.78 is 5.10. The molecule has 0 saturated carbocycles. The first-order valence-corrected chi connectivity index (χ1v) is 6.24. The third kappa shape index (κ3) is 2.30. The fraction of sp³-hybridized carbons (Fsp3) is 1.00. The molecule has 0 aromatic rings. The molecule has 0 bridgehead atoms. The van der Waals surface area contributed by atoms with Crippen LogP contribution in [0.4, 0.5) is 0 Å². The second kappa shape index (κ2) is 3.00. The van der Waals surface area contributed by atoms with Gasteiger partial charge in [-0.2, -0.15) is 0 Å². The fourth-order valence-electron chi connectivity index (χ4n) is 0.236. The molecular formula is C5H14ClOP. The molecule has 0 atom stereocenters. The van der Waals surface area contributed by atoms with Crippen molar-refractivity contribution in [3.8, 4) is 0 Å². The maximum atomic E-state index is 5.97. The minimum atomic E-state index is -1.78. The average molecular weight is 157 g/mol. The van der Waals surface area contributed by atoms with Crippen LogP contribution in [0.25, 0.3) is 0 Å². The van der Waals surface area contributed by atoms with Gasteiger partial charge in [-0.15, -0.1) is 0 Å². The molecule has 0 saturated heterocycles. The van der Waals surface area contributed by atoms with Crippen molar-refractivity contribution in [2.75, 3.05) is 13.8 Å². The molecular weight excluding hydrogens is 142 g/mol. The summed E-state index contributed by atoms with van der Waals surface area (Å²) in [6, 6.07) is 0. The molecule has 0 heterocycles. The number of rotatable bonds is 2. The van der Waals surface area contributed by atoms with Crippen LogP contribution in [0.5, 0.6) is 0 Å². The predicted octanol–water partition coefficient (Wildman–Crippen LogP) is 2.49. The molecule has 0 N–H and O–H groups in total. The third-order valence-electron chi connectivity index (χ3n) is 1.43. The predicted molar refractivity (Wildman–Crippen MR) is 42.2 cm³/mol. The van der Waals surface area contributed by atoms with Gasteiger partial charge in [0.1, 0.15) is 0 Å². The summed E-state index contributed by atoms with van der Waals surface area (Å²) in [7, 11) is 1.68. The van der Waals surface area contributed by atoms with Crippen molar-refractivity contribution in [1.82, 2.24) is 0 Å². The molecule has 0 rings (SSSR count). The summed E-state index contributed by atoms with van der Waals surface area (Å²) >= 11 is 5.97. The minimum absolute atomic E-state index is 0.495. The normalized spacial score (nSPS) is 14.8. The Morgan fingerprint density at radius 3 is 1.88 bits per heavy atom. The van der Waals surface area contributed by atoms with Gasteiger partial charge in [0.25, 0.3) is 0 Å². The molecule has 0 fully saturated rings. The van der Waals surface area contributed by atoms with E-state index in [-0.39, 0.29) is 0 Å². The van der Waals surface area contributed by atoms with Crippen LogP contribution in [-0.4, -0.2) is 19.4 Å². The van der Waals surface area contributed by atoms with Crippen molar-refractivity contribution in [2.45, 2.75) is 19.5 Å². The van der Waals surface area contributed by atoms with Gasteiger partial charge in [-0.05, 0) is 0 Å². The average Bonchev–Trinajstić information content (AvgIpc) is 1.67. The number of halogens is 1. The van der Waals surface area contributed by atoms with E-state index in [4.69, 9.17) is 15.8 Å². The Morgan fingerprint density at radius 1 is 1.50 bits per heavy atom. The van der Waals surface area contributed by atoms with Gasteiger partial charge < -0.3 is 0 Å². The van der Waals surface area contributed by atoms with Crippen LogP contribution in [0.15, 0.2) is 0 Å². The molecule has 3 heteroatoms. The molecule has 0 aromatic carbocycles. The van der Waals surface area contributed by atoms with E-state index in [1.54, 1.807) is 7.11 Å². The third-order valence-corrected chi connectivity index (χ3v) is 6.06. The topological polar surface area (TPSA) is 9.23 Å². The summed E-state index contributed by atoms with van der Waals surface area (Å²) in [6.07, 6.45) is 0. The zero-order valence-electron chi connectivity index (χ0n) is 5.86. The van der Waals surface area contributed by atoms with Crippen LogP contribution < -0.4 is 0 Å². The number of hydrogen-bond donors (Lipinski definition) is 0. The van der Waals surface area contributed by atoms with E-state index in [0.29, 0.717) is 5.66 Å². The second-order valence-electron chi connectivity index (χ2n) is 2.34. The monoisotopic (exact) mass is 156 g/mol. The molecule has 0 aliphatic carbocycles. The van der Waals surface area contributed by atoms with E-state index in [9.17, 15) is 0 Å². The van der Waals surface area contributed by atoms with E-state index in [0.717, 1.165) is 0 Å². The van der Waals surface area contributed by atoms with Gasteiger partial charge in [-0.1, -0.05) is 0 Å². The molecule has 0 spiro atoms. The molecule has 0 aliphatic heterocycles. The molecule has 0 amide bonds. The van der Waals surface area contributed by atoms with Crippen molar-refractivity contribution in [1.29, 1.82) is 0 Å². The van der Waals surface area contributed by atoms with Crippen LogP contribution in [0.3, 0.4) is 0 Å². The zero-order chi connectivity index (χ0) is 6.78. The van der Waals surface area contributed by atoms with Crippen LogP contribution in [0, 0.1) is 0 Å². The molecule has 1 nitrogen and oxygen atoms in total. The van der Waals surface area contributed by atoms with Gasteiger partial charge in [0, 0.05) is 0 Å². The molecule has 0 aromatic heterocycles. The first-order chi connectivity index (χ1) is 3.50. The van der Waals surface area contributed by atoms with Crippen molar-refractivity contribution in [2.24, 2.45) is 0 Å². The Balaban J connectivity index is 3.71. The second-order valence-corrected chi connectivity index (χ2v) is 8.13. The molecule has 0 radical (unpaired) electrons. The van der Waals surface area contributed by atoms with Gasteiger partial charge in [0.15, 0.2) is 0 Å². The fourth-order valence-corrected chi connectivity index (χ4v) is 0.707. The summed E-state index contributed by atoms with van der Waals surface area (Å²) in [6.45, 7) is 4.39. The standard InChI is InChI=1S/C5H14ClOP/c1-5(2)8(4,6)7-3/h5,8H,1-4H3. The van der Waals surface area contributed by atoms with Gasteiger partial charge >= 0.3 is 55.9 Å². The van der Waals surface area contributed by atoms with E-state index in [1.165, 1.54) is 0 Å². The van der Waals surface area contributed by atoms with Crippen LogP contribution in [0.1, 0.15) is 13.8 Å². The maximum absolute atomic E-state index is 5.97. The quantitative estimate of drug-likeness (QED) is 0.559. The Labute approximate surface area is 56.6 Å². The van der Waals surface area contributed by atoms with Crippen molar-refractivity contribution < 1.29 is 4.52 Å². The van der Waals surface area contributed by atoms with E-state index in [1.807, 2.05) is 6.66 Å². The first-order valence-electron chi connectivity index (χ1n) is 2.74. The molecule has 8 heavy (non-hydrogen) atoms. The van der Waals surface area contributed by atoms with E-state index in [2.05, 4.69) is 13.8 Å². The van der Waals surface area contributed by atoms with Crippen LogP contribution in [-0.2, 0) is 4.52 Å². The van der Waals surface area contributed by atoms with Crippen LogP contribution in [0.2, 0.25) is 0 Å². The first kappa shape index (κ1) is 8.68. The Morgan fingerprint density at radius 2 is 1.88 bits per heavy atom. The summed E-state index contributed by atoms with van der Waals surface area (Å²) in [5.41, 5.74) is 0.495. The van der Waals surface area contributed by atoms with Crippen LogP contribution >= 0.6 is 18.1 Å². The summed E-state index contributed by atoms with van der Waals surface area (Å²) in [5, 5.41) is 0. The Kier molecular flexibility index (Phi) is 3.26. The summed E-state index contributed by atoms with van der Waals surface area (Å²) in [5.74, 6) is 0. The Hall–Kier alpha value is 0.680.